The SMILES string of the molecule is C=CCn1c(SCC(=O)N(CCC(N)=O)c2ccc(F)cc2)nnc1-c1ccco1. The molecule has 0 fully saturated rings. The minimum Gasteiger partial charge on any atom is -0.461 e. The largest absolute Gasteiger partial charge is 0.461 e. The first-order valence-electron chi connectivity index (χ1n) is 9.04. The van der Waals surface area contributed by atoms with Gasteiger partial charge in [-0.1, -0.05) is 17.8 Å². The number of aromatic nitrogens is 3. The summed E-state index contributed by atoms with van der Waals surface area (Å²) in [6.45, 7) is 4.27. The van der Waals surface area contributed by atoms with Gasteiger partial charge in [-0.05, 0) is 36.4 Å². The monoisotopic (exact) mass is 429 g/mol. The maximum atomic E-state index is 13.3. The number of nitrogens with two attached hydrogens (primary N) is 1. The summed E-state index contributed by atoms with van der Waals surface area (Å²) in [7, 11) is 0. The molecular formula is C20H20FN5O3S. The minimum atomic E-state index is -0.531. The molecule has 8 nitrogen and oxygen atoms in total. The van der Waals surface area contributed by atoms with Crippen LogP contribution in [0.5, 0.6) is 0 Å². The van der Waals surface area contributed by atoms with Crippen LogP contribution in [0.3, 0.4) is 0 Å². The first-order chi connectivity index (χ1) is 14.5. The molecule has 2 heterocycles. The molecule has 2 amide bonds. The molecule has 0 aliphatic carbocycles. The standard InChI is InChI=1S/C20H20FN5O3S/c1-2-10-26-19(16-4-3-12-29-16)23-24-20(26)30-13-18(28)25(11-9-17(22)27)15-7-5-14(21)6-8-15/h2-8,12H,1,9-11,13H2,(H2,22,27). The third kappa shape index (κ3) is 5.15. The van der Waals surface area contributed by atoms with E-state index in [0.717, 1.165) is 0 Å². The van der Waals surface area contributed by atoms with Crippen molar-refractivity contribution < 1.29 is 18.4 Å². The average Bonchev–Trinajstić information content (AvgIpc) is 3.38. The van der Waals surface area contributed by atoms with Crippen molar-refractivity contribution in [1.82, 2.24) is 14.8 Å². The number of nitrogens with zero attached hydrogens (tertiary/aromatic N) is 4. The number of carbonyl (C=O) groups excluding carboxylic acids is 2. The molecule has 0 aliphatic heterocycles. The van der Waals surface area contributed by atoms with Gasteiger partial charge in [-0.2, -0.15) is 0 Å². The molecule has 1 aromatic carbocycles. The predicted molar refractivity (Wildman–Crippen MR) is 111 cm³/mol. The molecule has 0 atom stereocenters. The van der Waals surface area contributed by atoms with Crippen molar-refractivity contribution in [3.8, 4) is 11.6 Å². The van der Waals surface area contributed by atoms with E-state index in [4.69, 9.17) is 10.2 Å². The molecule has 3 rings (SSSR count). The van der Waals surface area contributed by atoms with E-state index in [1.54, 1.807) is 22.8 Å². The van der Waals surface area contributed by atoms with Crippen LogP contribution >= 0.6 is 11.8 Å². The molecule has 0 radical (unpaired) electrons. The van der Waals surface area contributed by atoms with E-state index in [1.165, 1.54) is 47.2 Å². The van der Waals surface area contributed by atoms with Gasteiger partial charge in [0, 0.05) is 25.2 Å². The molecule has 156 valence electrons. The molecule has 0 bridgehead atoms. The van der Waals surface area contributed by atoms with E-state index in [-0.39, 0.29) is 24.6 Å². The maximum absolute atomic E-state index is 13.3. The molecule has 0 aliphatic rings. The van der Waals surface area contributed by atoms with Gasteiger partial charge in [-0.15, -0.1) is 16.8 Å². The van der Waals surface area contributed by atoms with Gasteiger partial charge in [0.15, 0.2) is 10.9 Å². The van der Waals surface area contributed by atoms with Crippen LogP contribution in [0, 0.1) is 5.82 Å². The minimum absolute atomic E-state index is 0.0108. The number of carbonyl (C=O) groups is 2. The smallest absolute Gasteiger partial charge is 0.237 e. The second-order valence-corrected chi connectivity index (χ2v) is 7.15. The molecule has 2 aromatic heterocycles. The number of furan rings is 1. The molecule has 0 spiro atoms. The summed E-state index contributed by atoms with van der Waals surface area (Å²) in [6, 6.07) is 8.98. The highest BCUT2D eigenvalue weighted by molar-refractivity contribution is 7.99. The molecule has 0 saturated carbocycles. The zero-order valence-electron chi connectivity index (χ0n) is 16.0. The van der Waals surface area contributed by atoms with Gasteiger partial charge in [0.1, 0.15) is 5.82 Å². The lowest BCUT2D eigenvalue weighted by Gasteiger charge is -2.22. The second-order valence-electron chi connectivity index (χ2n) is 6.21. The summed E-state index contributed by atoms with van der Waals surface area (Å²) in [4.78, 5) is 25.5. The van der Waals surface area contributed by atoms with Crippen molar-refractivity contribution in [2.45, 2.75) is 18.1 Å². The number of rotatable bonds is 10. The van der Waals surface area contributed by atoms with E-state index in [0.29, 0.717) is 29.0 Å². The molecular weight excluding hydrogens is 409 g/mol. The molecule has 10 heteroatoms. The number of benzene rings is 1. The molecule has 0 unspecified atom stereocenters. The lowest BCUT2D eigenvalue weighted by atomic mass is 10.2. The van der Waals surface area contributed by atoms with Gasteiger partial charge in [-0.3, -0.25) is 14.2 Å². The Kier molecular flexibility index (Phi) is 7.02. The van der Waals surface area contributed by atoms with Crippen molar-refractivity contribution in [2.24, 2.45) is 5.73 Å². The summed E-state index contributed by atoms with van der Waals surface area (Å²) < 4.78 is 20.4. The number of primary amides is 1. The molecule has 30 heavy (non-hydrogen) atoms. The highest BCUT2D eigenvalue weighted by Crippen LogP contribution is 2.25. The Morgan fingerprint density at radius 2 is 2.03 bits per heavy atom. The van der Waals surface area contributed by atoms with Crippen LogP contribution < -0.4 is 10.6 Å². The number of anilines is 1. The first-order valence-corrected chi connectivity index (χ1v) is 10.0. The van der Waals surface area contributed by atoms with E-state index >= 15 is 0 Å². The van der Waals surface area contributed by atoms with Crippen LogP contribution in [-0.2, 0) is 16.1 Å². The molecule has 3 aromatic rings. The third-order valence-corrected chi connectivity index (χ3v) is 5.07. The Labute approximate surface area is 176 Å². The summed E-state index contributed by atoms with van der Waals surface area (Å²) in [5.74, 6) is -0.116. The van der Waals surface area contributed by atoms with Crippen molar-refractivity contribution in [3.63, 3.8) is 0 Å². The number of hydrogen-bond acceptors (Lipinski definition) is 6. The van der Waals surface area contributed by atoms with Gasteiger partial charge in [0.05, 0.1) is 12.0 Å². The van der Waals surface area contributed by atoms with Crippen LogP contribution in [-0.4, -0.2) is 38.9 Å². The lowest BCUT2D eigenvalue weighted by molar-refractivity contribution is -0.118. The van der Waals surface area contributed by atoms with Gasteiger partial charge >= 0.3 is 0 Å². The quantitative estimate of drug-likeness (QED) is 0.392. The van der Waals surface area contributed by atoms with Crippen molar-refractivity contribution in [1.29, 1.82) is 0 Å². The van der Waals surface area contributed by atoms with E-state index in [1.807, 2.05) is 0 Å². The van der Waals surface area contributed by atoms with Crippen LogP contribution in [0.15, 0.2) is 64.9 Å². The van der Waals surface area contributed by atoms with Crippen molar-refractivity contribution in [3.05, 3.63) is 61.1 Å². The Morgan fingerprint density at radius 1 is 1.27 bits per heavy atom. The summed E-state index contributed by atoms with van der Waals surface area (Å²) in [5.41, 5.74) is 5.71. The Balaban J connectivity index is 1.77. The van der Waals surface area contributed by atoms with Gasteiger partial charge in [0.2, 0.25) is 17.6 Å². The van der Waals surface area contributed by atoms with Crippen LogP contribution in [0.1, 0.15) is 6.42 Å². The van der Waals surface area contributed by atoms with Gasteiger partial charge in [0.25, 0.3) is 0 Å². The van der Waals surface area contributed by atoms with E-state index < -0.39 is 11.7 Å². The molecule has 0 saturated heterocycles. The van der Waals surface area contributed by atoms with E-state index in [2.05, 4.69) is 16.8 Å². The van der Waals surface area contributed by atoms with Gasteiger partial charge < -0.3 is 15.1 Å². The number of amides is 2. The highest BCUT2D eigenvalue weighted by Gasteiger charge is 2.20. The summed E-state index contributed by atoms with van der Waals surface area (Å²) in [6.07, 6.45) is 3.22. The maximum Gasteiger partial charge on any atom is 0.237 e. The number of halogens is 1. The van der Waals surface area contributed by atoms with Crippen LogP contribution in [0.2, 0.25) is 0 Å². The Bertz CT molecular complexity index is 1020. The summed E-state index contributed by atoms with van der Waals surface area (Å²) in [5, 5.41) is 8.82. The number of allylic oxidation sites excluding steroid dienone is 1. The predicted octanol–water partition coefficient (Wildman–Crippen LogP) is 2.86. The Hall–Kier alpha value is -3.40. The van der Waals surface area contributed by atoms with Gasteiger partial charge in [-0.25, -0.2) is 4.39 Å². The fraction of sp³-hybridized carbons (Fsp3) is 0.200. The van der Waals surface area contributed by atoms with Crippen molar-refractivity contribution in [2.75, 3.05) is 17.2 Å². The highest BCUT2D eigenvalue weighted by atomic mass is 32.2. The Morgan fingerprint density at radius 3 is 2.67 bits per heavy atom. The fourth-order valence-corrected chi connectivity index (χ4v) is 3.55. The number of hydrogen-bond donors (Lipinski definition) is 1. The summed E-state index contributed by atoms with van der Waals surface area (Å²) >= 11 is 1.19. The normalized spacial score (nSPS) is 10.7. The van der Waals surface area contributed by atoms with Crippen LogP contribution in [0.25, 0.3) is 11.6 Å². The van der Waals surface area contributed by atoms with E-state index in [9.17, 15) is 14.0 Å². The third-order valence-electron chi connectivity index (χ3n) is 4.12. The zero-order valence-corrected chi connectivity index (χ0v) is 16.8. The topological polar surface area (TPSA) is 107 Å². The van der Waals surface area contributed by atoms with Crippen molar-refractivity contribution >= 4 is 29.3 Å². The second kappa shape index (κ2) is 9.88. The first kappa shape index (κ1) is 21.3. The fourth-order valence-electron chi connectivity index (χ4n) is 2.72. The molecule has 2 N–H and O–H groups in total. The van der Waals surface area contributed by atoms with Crippen LogP contribution in [0.4, 0.5) is 10.1 Å². The lowest BCUT2D eigenvalue weighted by Crippen LogP contribution is -2.35. The number of thioether (sulfide) groups is 1. The average molecular weight is 429 g/mol. The zero-order chi connectivity index (χ0) is 21.5.